The lowest BCUT2D eigenvalue weighted by Gasteiger charge is -2.11. The van der Waals surface area contributed by atoms with Gasteiger partial charge in [0.15, 0.2) is 5.17 Å². The SMILES string of the molecule is CCN1C(=O)/C(=C/c2ccccc2O)S/C1=N/c1nc(C)cs1. The number of thioether (sulfide) groups is 1. The second kappa shape index (κ2) is 6.55. The summed E-state index contributed by atoms with van der Waals surface area (Å²) in [6.07, 6.45) is 1.70. The number of nitrogens with zero attached hydrogens (tertiary/aromatic N) is 3. The number of aliphatic imine (C=N–C) groups is 1. The highest BCUT2D eigenvalue weighted by Gasteiger charge is 2.32. The van der Waals surface area contributed by atoms with Crippen molar-refractivity contribution in [2.24, 2.45) is 4.99 Å². The highest BCUT2D eigenvalue weighted by Crippen LogP contribution is 2.35. The summed E-state index contributed by atoms with van der Waals surface area (Å²) >= 11 is 2.75. The van der Waals surface area contributed by atoms with Gasteiger partial charge in [-0.05, 0) is 37.8 Å². The van der Waals surface area contributed by atoms with Crippen molar-refractivity contribution in [2.75, 3.05) is 6.54 Å². The molecule has 1 amide bonds. The van der Waals surface area contributed by atoms with Gasteiger partial charge in [0, 0.05) is 17.5 Å². The third-order valence-corrected chi connectivity index (χ3v) is 5.08. The predicted molar refractivity (Wildman–Crippen MR) is 95.0 cm³/mol. The van der Waals surface area contributed by atoms with Crippen molar-refractivity contribution in [1.82, 2.24) is 9.88 Å². The Labute approximate surface area is 142 Å². The summed E-state index contributed by atoms with van der Waals surface area (Å²) in [5.41, 5.74) is 1.53. The predicted octanol–water partition coefficient (Wildman–Crippen LogP) is 3.78. The summed E-state index contributed by atoms with van der Waals surface area (Å²) < 4.78 is 0. The van der Waals surface area contributed by atoms with E-state index < -0.39 is 0 Å². The minimum absolute atomic E-state index is 0.104. The molecule has 0 bridgehead atoms. The first-order valence-corrected chi connectivity index (χ1v) is 8.78. The summed E-state index contributed by atoms with van der Waals surface area (Å²) in [5, 5.41) is 13.1. The molecule has 1 N–H and O–H groups in total. The number of carbonyl (C=O) groups excluding carboxylic acids is 1. The number of thiazole rings is 1. The van der Waals surface area contributed by atoms with Crippen LogP contribution in [0.5, 0.6) is 5.75 Å². The number of hydrogen-bond acceptors (Lipinski definition) is 6. The van der Waals surface area contributed by atoms with E-state index in [0.717, 1.165) is 5.69 Å². The van der Waals surface area contributed by atoms with Gasteiger partial charge < -0.3 is 5.11 Å². The summed E-state index contributed by atoms with van der Waals surface area (Å²) in [6.45, 7) is 4.35. The summed E-state index contributed by atoms with van der Waals surface area (Å²) in [4.78, 5) is 23.5. The van der Waals surface area contributed by atoms with Crippen molar-refractivity contribution in [1.29, 1.82) is 0 Å². The lowest BCUT2D eigenvalue weighted by Crippen LogP contribution is -2.28. The van der Waals surface area contributed by atoms with E-state index in [0.29, 0.717) is 27.3 Å². The number of amidine groups is 1. The molecule has 1 aliphatic heterocycles. The van der Waals surface area contributed by atoms with E-state index in [-0.39, 0.29) is 11.7 Å². The van der Waals surface area contributed by atoms with Crippen LogP contribution in [0.1, 0.15) is 18.2 Å². The maximum atomic E-state index is 12.5. The van der Waals surface area contributed by atoms with Gasteiger partial charge in [0.25, 0.3) is 5.91 Å². The van der Waals surface area contributed by atoms with Gasteiger partial charge in [-0.3, -0.25) is 9.69 Å². The Bertz CT molecular complexity index is 811. The van der Waals surface area contributed by atoms with Gasteiger partial charge in [-0.25, -0.2) is 4.98 Å². The molecular weight excluding hydrogens is 330 g/mol. The molecule has 0 aliphatic carbocycles. The molecule has 7 heteroatoms. The van der Waals surface area contributed by atoms with Gasteiger partial charge >= 0.3 is 0 Å². The maximum absolute atomic E-state index is 12.5. The zero-order valence-electron chi connectivity index (χ0n) is 12.7. The molecule has 2 aromatic rings. The molecule has 1 aromatic carbocycles. The molecule has 1 saturated heterocycles. The number of para-hydroxylation sites is 1. The van der Waals surface area contributed by atoms with Crippen LogP contribution in [0, 0.1) is 6.92 Å². The highest BCUT2D eigenvalue weighted by atomic mass is 32.2. The van der Waals surface area contributed by atoms with Crippen LogP contribution >= 0.6 is 23.1 Å². The number of aromatic nitrogens is 1. The van der Waals surface area contributed by atoms with E-state index >= 15 is 0 Å². The van der Waals surface area contributed by atoms with E-state index in [9.17, 15) is 9.90 Å². The van der Waals surface area contributed by atoms with Crippen LogP contribution in [0.4, 0.5) is 5.13 Å². The number of hydrogen-bond donors (Lipinski definition) is 1. The fourth-order valence-corrected chi connectivity index (χ4v) is 3.85. The van der Waals surface area contributed by atoms with Gasteiger partial charge in [-0.15, -0.1) is 11.3 Å². The first-order chi connectivity index (χ1) is 11.1. The van der Waals surface area contributed by atoms with Crippen LogP contribution in [0.15, 0.2) is 39.5 Å². The Morgan fingerprint density at radius 2 is 2.17 bits per heavy atom. The molecule has 0 radical (unpaired) electrons. The molecule has 0 unspecified atom stereocenters. The Kier molecular flexibility index (Phi) is 4.49. The minimum Gasteiger partial charge on any atom is -0.507 e. The van der Waals surface area contributed by atoms with Crippen molar-refractivity contribution >= 4 is 45.4 Å². The van der Waals surface area contributed by atoms with Crippen LogP contribution in [-0.4, -0.2) is 32.6 Å². The zero-order chi connectivity index (χ0) is 16.4. The molecule has 1 aromatic heterocycles. The van der Waals surface area contributed by atoms with Crippen LogP contribution < -0.4 is 0 Å². The maximum Gasteiger partial charge on any atom is 0.266 e. The second-order valence-corrected chi connectivity index (χ2v) is 6.73. The Morgan fingerprint density at radius 3 is 2.83 bits per heavy atom. The molecule has 0 atom stereocenters. The molecular formula is C16H15N3O2S2. The molecule has 0 saturated carbocycles. The smallest absolute Gasteiger partial charge is 0.266 e. The Balaban J connectivity index is 1.95. The van der Waals surface area contributed by atoms with Crippen molar-refractivity contribution in [3.8, 4) is 5.75 Å². The highest BCUT2D eigenvalue weighted by molar-refractivity contribution is 8.18. The standard InChI is InChI=1S/C16H15N3O2S2/c1-3-19-14(21)13(8-11-6-4-5-7-12(11)20)23-16(19)18-15-17-10(2)9-22-15/h4-9,20H,3H2,1-2H3/b13-8-,18-16+. The van der Waals surface area contributed by atoms with Crippen LogP contribution in [0.3, 0.4) is 0 Å². The van der Waals surface area contributed by atoms with Crippen LogP contribution in [0.2, 0.25) is 0 Å². The van der Waals surface area contributed by atoms with E-state index in [1.54, 1.807) is 29.2 Å². The number of carbonyl (C=O) groups is 1. The van der Waals surface area contributed by atoms with E-state index in [1.807, 2.05) is 25.3 Å². The number of phenolic OH excluding ortho intramolecular Hbond substituents is 1. The van der Waals surface area contributed by atoms with Crippen LogP contribution in [0.25, 0.3) is 6.08 Å². The molecule has 118 valence electrons. The molecule has 5 nitrogen and oxygen atoms in total. The van der Waals surface area contributed by atoms with Gasteiger partial charge in [-0.1, -0.05) is 18.2 Å². The average Bonchev–Trinajstić information content (AvgIpc) is 3.06. The van der Waals surface area contributed by atoms with Crippen molar-refractivity contribution < 1.29 is 9.90 Å². The van der Waals surface area contributed by atoms with Crippen molar-refractivity contribution in [2.45, 2.75) is 13.8 Å². The third-order valence-electron chi connectivity index (χ3n) is 3.23. The zero-order valence-corrected chi connectivity index (χ0v) is 14.3. The third kappa shape index (κ3) is 3.30. The van der Waals surface area contributed by atoms with Gasteiger partial charge in [-0.2, -0.15) is 4.99 Å². The number of amides is 1. The Morgan fingerprint density at radius 1 is 1.39 bits per heavy atom. The summed E-state index contributed by atoms with van der Waals surface area (Å²) in [5.74, 6) is 0.0465. The number of rotatable bonds is 3. The minimum atomic E-state index is -0.104. The number of likely N-dealkylation sites (N-methyl/N-ethyl adjacent to an activating group) is 1. The number of phenols is 1. The molecule has 1 aliphatic rings. The fraction of sp³-hybridized carbons (Fsp3) is 0.188. The van der Waals surface area contributed by atoms with Crippen molar-refractivity contribution in [3.63, 3.8) is 0 Å². The average molecular weight is 345 g/mol. The number of aryl methyl sites for hydroxylation is 1. The van der Waals surface area contributed by atoms with Crippen molar-refractivity contribution in [3.05, 3.63) is 45.8 Å². The fourth-order valence-electron chi connectivity index (χ4n) is 2.10. The molecule has 2 heterocycles. The Hall–Kier alpha value is -2.12. The lowest BCUT2D eigenvalue weighted by atomic mass is 10.2. The van der Waals surface area contributed by atoms with Gasteiger partial charge in [0.2, 0.25) is 5.13 Å². The van der Waals surface area contributed by atoms with Gasteiger partial charge in [0.05, 0.1) is 10.6 Å². The van der Waals surface area contributed by atoms with E-state index in [2.05, 4.69) is 9.98 Å². The first kappa shape index (κ1) is 15.8. The summed E-state index contributed by atoms with van der Waals surface area (Å²) in [6, 6.07) is 6.94. The molecule has 23 heavy (non-hydrogen) atoms. The first-order valence-electron chi connectivity index (χ1n) is 7.08. The topological polar surface area (TPSA) is 65.8 Å². The lowest BCUT2D eigenvalue weighted by molar-refractivity contribution is -0.122. The van der Waals surface area contributed by atoms with E-state index in [4.69, 9.17) is 0 Å². The monoisotopic (exact) mass is 345 g/mol. The number of benzene rings is 1. The number of aromatic hydroxyl groups is 1. The normalized spacial score (nSPS) is 18.3. The van der Waals surface area contributed by atoms with E-state index in [1.165, 1.54) is 23.1 Å². The molecule has 3 rings (SSSR count). The second-order valence-electron chi connectivity index (χ2n) is 4.88. The molecule has 1 fully saturated rings. The summed E-state index contributed by atoms with van der Waals surface area (Å²) in [7, 11) is 0. The van der Waals surface area contributed by atoms with Gasteiger partial charge in [0.1, 0.15) is 5.75 Å². The van der Waals surface area contributed by atoms with Crippen LogP contribution in [-0.2, 0) is 4.79 Å². The molecule has 0 spiro atoms. The largest absolute Gasteiger partial charge is 0.507 e. The quantitative estimate of drug-likeness (QED) is 0.860.